The molecule has 2 aromatic heterocycles. The van der Waals surface area contributed by atoms with Crippen LogP contribution in [0.1, 0.15) is 46.2 Å². The summed E-state index contributed by atoms with van der Waals surface area (Å²) in [6.07, 6.45) is 5.15. The predicted molar refractivity (Wildman–Crippen MR) is 91.5 cm³/mol. The van der Waals surface area contributed by atoms with E-state index in [1.807, 2.05) is 37.8 Å². The molecule has 0 radical (unpaired) electrons. The van der Waals surface area contributed by atoms with E-state index in [1.54, 1.807) is 23.4 Å². The van der Waals surface area contributed by atoms with E-state index < -0.39 is 0 Å². The minimum Gasteiger partial charge on any atom is -0.316 e. The van der Waals surface area contributed by atoms with E-state index in [2.05, 4.69) is 34.2 Å². The minimum atomic E-state index is -0.178. The number of nitrogens with zero attached hydrogens (tertiary/aromatic N) is 5. The molecule has 1 aliphatic heterocycles. The van der Waals surface area contributed by atoms with Crippen molar-refractivity contribution in [2.24, 2.45) is 5.41 Å². The average molecular weight is 328 g/mol. The van der Waals surface area contributed by atoms with E-state index in [0.717, 1.165) is 5.56 Å². The predicted octanol–water partition coefficient (Wildman–Crippen LogP) is 3.04. The molecule has 1 unspecified atom stereocenters. The van der Waals surface area contributed by atoms with Gasteiger partial charge in [0.2, 0.25) is 5.95 Å². The van der Waals surface area contributed by atoms with Crippen LogP contribution in [0.2, 0.25) is 0 Å². The number of hydrogen-bond acceptors (Lipinski definition) is 4. The van der Waals surface area contributed by atoms with Crippen LogP contribution >= 0.6 is 0 Å². The highest BCUT2D eigenvalue weighted by Gasteiger charge is 2.49. The van der Waals surface area contributed by atoms with E-state index in [-0.39, 0.29) is 23.0 Å². The summed E-state index contributed by atoms with van der Waals surface area (Å²) in [6.45, 7) is 11.1. The summed E-state index contributed by atoms with van der Waals surface area (Å²) >= 11 is 0. The van der Waals surface area contributed by atoms with Gasteiger partial charge in [0.05, 0.1) is 11.6 Å². The Labute approximate surface area is 142 Å². The fourth-order valence-electron chi connectivity index (χ4n) is 3.10. The molecule has 1 atom stereocenters. The van der Waals surface area contributed by atoms with Gasteiger partial charge in [0.1, 0.15) is 6.33 Å². The van der Waals surface area contributed by atoms with Crippen molar-refractivity contribution >= 4 is 12.0 Å². The molecule has 0 bridgehead atoms. The SMILES string of the molecule is CC1(C)CN(C(=O)Nc2ncn(C(C)(C)C)n2)C1c1ccncc1. The maximum absolute atomic E-state index is 12.6. The summed E-state index contributed by atoms with van der Waals surface area (Å²) in [4.78, 5) is 22.7. The molecule has 128 valence electrons. The van der Waals surface area contributed by atoms with Crippen molar-refractivity contribution in [2.45, 2.75) is 46.2 Å². The molecule has 0 aliphatic carbocycles. The van der Waals surface area contributed by atoms with E-state index in [9.17, 15) is 4.79 Å². The Morgan fingerprint density at radius 2 is 1.96 bits per heavy atom. The van der Waals surface area contributed by atoms with Gasteiger partial charge in [-0.2, -0.15) is 0 Å². The lowest BCUT2D eigenvalue weighted by Crippen LogP contribution is -2.59. The Bertz CT molecular complexity index is 731. The first kappa shape index (κ1) is 16.4. The fraction of sp³-hybridized carbons (Fsp3) is 0.529. The smallest absolute Gasteiger partial charge is 0.316 e. The third-order valence-electron chi connectivity index (χ3n) is 4.31. The van der Waals surface area contributed by atoms with Crippen molar-refractivity contribution in [1.82, 2.24) is 24.6 Å². The van der Waals surface area contributed by atoms with Crippen molar-refractivity contribution in [3.63, 3.8) is 0 Å². The van der Waals surface area contributed by atoms with Crippen molar-refractivity contribution in [3.05, 3.63) is 36.4 Å². The number of likely N-dealkylation sites (tertiary alicyclic amines) is 1. The number of rotatable bonds is 2. The molecular weight excluding hydrogens is 304 g/mol. The molecule has 1 N–H and O–H groups in total. The van der Waals surface area contributed by atoms with Gasteiger partial charge in [-0.05, 0) is 38.5 Å². The zero-order chi connectivity index (χ0) is 17.5. The number of pyridine rings is 1. The van der Waals surface area contributed by atoms with E-state index in [0.29, 0.717) is 12.5 Å². The lowest BCUT2D eigenvalue weighted by atomic mass is 9.72. The summed E-state index contributed by atoms with van der Waals surface area (Å²) in [6, 6.07) is 3.75. The lowest BCUT2D eigenvalue weighted by molar-refractivity contribution is -0.0116. The molecule has 1 aliphatic rings. The van der Waals surface area contributed by atoms with Crippen molar-refractivity contribution in [1.29, 1.82) is 0 Å². The third kappa shape index (κ3) is 2.98. The number of aromatic nitrogens is 4. The second-order valence-electron chi connectivity index (χ2n) is 7.91. The molecule has 2 aromatic rings. The van der Waals surface area contributed by atoms with Crippen LogP contribution in [-0.4, -0.2) is 37.2 Å². The van der Waals surface area contributed by atoms with Crippen molar-refractivity contribution < 1.29 is 4.79 Å². The molecule has 24 heavy (non-hydrogen) atoms. The summed E-state index contributed by atoms with van der Waals surface area (Å²) in [7, 11) is 0. The quantitative estimate of drug-likeness (QED) is 0.919. The molecule has 7 nitrogen and oxygen atoms in total. The normalized spacial score (nSPS) is 19.7. The first-order valence-corrected chi connectivity index (χ1v) is 8.08. The standard InChI is InChI=1S/C17H24N6O/c1-16(2,3)23-11-19-14(21-23)20-15(24)22-10-17(4,5)13(22)12-6-8-18-9-7-12/h6-9,11,13H,10H2,1-5H3,(H,20,21,24). The van der Waals surface area contributed by atoms with Crippen LogP contribution in [-0.2, 0) is 5.54 Å². The number of amides is 2. The van der Waals surface area contributed by atoms with Gasteiger partial charge in [0, 0.05) is 24.4 Å². The van der Waals surface area contributed by atoms with Crippen LogP contribution in [0.15, 0.2) is 30.9 Å². The van der Waals surface area contributed by atoms with Gasteiger partial charge < -0.3 is 4.90 Å². The second kappa shape index (κ2) is 5.58. The van der Waals surface area contributed by atoms with Gasteiger partial charge in [-0.1, -0.05) is 13.8 Å². The minimum absolute atomic E-state index is 0.0187. The van der Waals surface area contributed by atoms with Gasteiger partial charge in [-0.15, -0.1) is 5.10 Å². The number of urea groups is 1. The summed E-state index contributed by atoms with van der Waals surface area (Å²) in [5, 5.41) is 7.14. The van der Waals surface area contributed by atoms with Crippen LogP contribution in [0, 0.1) is 5.41 Å². The molecular formula is C17H24N6O. The number of carbonyl (C=O) groups is 1. The molecule has 2 amide bonds. The summed E-state index contributed by atoms with van der Waals surface area (Å²) in [5.41, 5.74) is 0.940. The molecule has 7 heteroatoms. The van der Waals surface area contributed by atoms with Crippen LogP contribution < -0.4 is 5.32 Å². The summed E-state index contributed by atoms with van der Waals surface area (Å²) < 4.78 is 1.74. The first-order chi connectivity index (χ1) is 11.2. The Morgan fingerprint density at radius 1 is 1.29 bits per heavy atom. The Kier molecular flexibility index (Phi) is 3.81. The molecule has 3 rings (SSSR count). The number of carbonyl (C=O) groups excluding carboxylic acids is 1. The van der Waals surface area contributed by atoms with Crippen LogP contribution in [0.5, 0.6) is 0 Å². The van der Waals surface area contributed by atoms with Gasteiger partial charge in [0.15, 0.2) is 0 Å². The molecule has 0 spiro atoms. The lowest BCUT2D eigenvalue weighted by Gasteiger charge is -2.54. The number of anilines is 1. The highest BCUT2D eigenvalue weighted by Crippen LogP contribution is 2.48. The number of nitrogens with one attached hydrogen (secondary N) is 1. The topological polar surface area (TPSA) is 75.9 Å². The molecule has 0 aromatic carbocycles. The molecule has 1 saturated heterocycles. The zero-order valence-electron chi connectivity index (χ0n) is 14.8. The summed E-state index contributed by atoms with van der Waals surface area (Å²) in [5.74, 6) is 0.327. The van der Waals surface area contributed by atoms with Gasteiger partial charge >= 0.3 is 6.03 Å². The monoisotopic (exact) mass is 328 g/mol. The number of hydrogen-bond donors (Lipinski definition) is 1. The fourth-order valence-corrected chi connectivity index (χ4v) is 3.10. The Morgan fingerprint density at radius 3 is 2.50 bits per heavy atom. The Hall–Kier alpha value is -2.44. The maximum atomic E-state index is 12.6. The van der Waals surface area contributed by atoms with E-state index >= 15 is 0 Å². The van der Waals surface area contributed by atoms with Gasteiger partial charge in [0.25, 0.3) is 0 Å². The molecule has 1 fully saturated rings. The van der Waals surface area contributed by atoms with Crippen LogP contribution in [0.3, 0.4) is 0 Å². The van der Waals surface area contributed by atoms with E-state index in [4.69, 9.17) is 0 Å². The zero-order valence-corrected chi connectivity index (χ0v) is 14.8. The Balaban J connectivity index is 1.74. The molecule has 3 heterocycles. The highest BCUT2D eigenvalue weighted by molar-refractivity contribution is 5.88. The van der Waals surface area contributed by atoms with Crippen molar-refractivity contribution in [2.75, 3.05) is 11.9 Å². The van der Waals surface area contributed by atoms with Gasteiger partial charge in [-0.25, -0.2) is 14.5 Å². The second-order valence-corrected chi connectivity index (χ2v) is 7.91. The largest absolute Gasteiger partial charge is 0.324 e. The first-order valence-electron chi connectivity index (χ1n) is 8.08. The van der Waals surface area contributed by atoms with Crippen LogP contribution in [0.4, 0.5) is 10.7 Å². The third-order valence-corrected chi connectivity index (χ3v) is 4.31. The van der Waals surface area contributed by atoms with Crippen molar-refractivity contribution in [3.8, 4) is 0 Å². The molecule has 0 saturated carbocycles. The van der Waals surface area contributed by atoms with Gasteiger partial charge in [-0.3, -0.25) is 10.3 Å². The van der Waals surface area contributed by atoms with E-state index in [1.165, 1.54) is 0 Å². The van der Waals surface area contributed by atoms with Crippen LogP contribution in [0.25, 0.3) is 0 Å². The maximum Gasteiger partial charge on any atom is 0.324 e. The average Bonchev–Trinajstić information content (AvgIpc) is 2.94. The highest BCUT2D eigenvalue weighted by atomic mass is 16.2.